The summed E-state index contributed by atoms with van der Waals surface area (Å²) in [5, 5.41) is 0. The van der Waals surface area contributed by atoms with Crippen LogP contribution in [0, 0.1) is 0 Å². The second-order valence-corrected chi connectivity index (χ2v) is 7.22. The van der Waals surface area contributed by atoms with Crippen LogP contribution in [0.5, 0.6) is 5.75 Å². The number of ether oxygens (including phenoxy) is 1. The van der Waals surface area contributed by atoms with Gasteiger partial charge >= 0.3 is 0 Å². The van der Waals surface area contributed by atoms with Crippen LogP contribution in [-0.4, -0.2) is 26.0 Å². The third-order valence-electron chi connectivity index (χ3n) is 2.76. The van der Waals surface area contributed by atoms with Gasteiger partial charge in [0.15, 0.2) is 9.84 Å². The van der Waals surface area contributed by atoms with E-state index in [-0.39, 0.29) is 17.6 Å². The summed E-state index contributed by atoms with van der Waals surface area (Å²) in [5.74, 6) is 0.910. The molecule has 5 heteroatoms. The van der Waals surface area contributed by atoms with Crippen molar-refractivity contribution in [3.8, 4) is 5.75 Å². The van der Waals surface area contributed by atoms with Crippen LogP contribution in [0.25, 0.3) is 0 Å². The summed E-state index contributed by atoms with van der Waals surface area (Å²) in [6, 6.07) is 7.49. The molecular weight excluding hydrogens is 238 g/mol. The summed E-state index contributed by atoms with van der Waals surface area (Å²) < 4.78 is 27.6. The molecule has 2 N–H and O–H groups in total. The molecular formula is C12H17NO3S. The van der Waals surface area contributed by atoms with E-state index in [9.17, 15) is 8.42 Å². The zero-order valence-corrected chi connectivity index (χ0v) is 10.8. The maximum Gasteiger partial charge on any atom is 0.157 e. The second-order valence-electron chi connectivity index (χ2n) is 5.07. The fourth-order valence-corrected chi connectivity index (χ4v) is 2.92. The monoisotopic (exact) mass is 255 g/mol. The Balaban J connectivity index is 2.08. The van der Waals surface area contributed by atoms with Crippen molar-refractivity contribution in [2.24, 2.45) is 5.73 Å². The Morgan fingerprint density at radius 1 is 1.35 bits per heavy atom. The lowest BCUT2D eigenvalue weighted by Gasteiger charge is -2.27. The van der Waals surface area contributed by atoms with E-state index in [1.165, 1.54) is 0 Å². The van der Waals surface area contributed by atoms with Crippen molar-refractivity contribution in [1.29, 1.82) is 0 Å². The smallest absolute Gasteiger partial charge is 0.157 e. The summed E-state index contributed by atoms with van der Waals surface area (Å²) in [7, 11) is -2.84. The molecule has 0 bridgehead atoms. The van der Waals surface area contributed by atoms with E-state index in [0.29, 0.717) is 5.75 Å². The molecule has 0 atom stereocenters. The molecule has 1 fully saturated rings. The number of hydrogen-bond acceptors (Lipinski definition) is 4. The highest BCUT2D eigenvalue weighted by Gasteiger charge is 2.35. The van der Waals surface area contributed by atoms with Crippen molar-refractivity contribution in [3.05, 3.63) is 29.8 Å². The summed E-state index contributed by atoms with van der Waals surface area (Å²) >= 11 is 0. The quantitative estimate of drug-likeness (QED) is 0.876. The number of nitrogens with two attached hydrogens (primary N) is 1. The Morgan fingerprint density at radius 3 is 2.53 bits per heavy atom. The molecule has 0 amide bonds. The highest BCUT2D eigenvalue weighted by molar-refractivity contribution is 7.92. The number of benzene rings is 1. The van der Waals surface area contributed by atoms with Gasteiger partial charge < -0.3 is 10.5 Å². The minimum atomic E-state index is -2.84. The Kier molecular flexibility index (Phi) is 2.91. The molecule has 1 aliphatic rings. The van der Waals surface area contributed by atoms with Gasteiger partial charge in [0.2, 0.25) is 0 Å². The maximum absolute atomic E-state index is 11.0. The molecule has 1 saturated heterocycles. The molecule has 4 nitrogen and oxygen atoms in total. The summed E-state index contributed by atoms with van der Waals surface area (Å²) in [6.07, 6.45) is -0.212. The van der Waals surface area contributed by atoms with Crippen LogP contribution in [0.1, 0.15) is 19.4 Å². The van der Waals surface area contributed by atoms with Gasteiger partial charge in [-0.2, -0.15) is 0 Å². The number of rotatable bonds is 3. The van der Waals surface area contributed by atoms with E-state index in [1.54, 1.807) is 0 Å². The fraction of sp³-hybridized carbons (Fsp3) is 0.500. The zero-order chi connectivity index (χ0) is 12.7. The average molecular weight is 255 g/mol. The summed E-state index contributed by atoms with van der Waals surface area (Å²) in [4.78, 5) is 0. The lowest BCUT2D eigenvalue weighted by Crippen LogP contribution is -2.45. The molecule has 1 heterocycles. The van der Waals surface area contributed by atoms with Crippen molar-refractivity contribution < 1.29 is 13.2 Å². The van der Waals surface area contributed by atoms with E-state index >= 15 is 0 Å². The van der Waals surface area contributed by atoms with Gasteiger partial charge in [0.25, 0.3) is 0 Å². The first kappa shape index (κ1) is 12.4. The molecule has 0 spiro atoms. The van der Waals surface area contributed by atoms with E-state index < -0.39 is 15.4 Å². The first-order chi connectivity index (χ1) is 7.76. The Labute approximate surface area is 102 Å². The topological polar surface area (TPSA) is 69.4 Å². The first-order valence-electron chi connectivity index (χ1n) is 5.53. The van der Waals surface area contributed by atoms with E-state index in [2.05, 4.69) is 0 Å². The number of sulfone groups is 1. The van der Waals surface area contributed by atoms with E-state index in [4.69, 9.17) is 10.5 Å². The average Bonchev–Trinajstić information content (AvgIpc) is 2.14. The molecule has 0 unspecified atom stereocenters. The van der Waals surface area contributed by atoms with Crippen molar-refractivity contribution in [3.63, 3.8) is 0 Å². The van der Waals surface area contributed by atoms with Crippen LogP contribution < -0.4 is 10.5 Å². The van der Waals surface area contributed by atoms with Gasteiger partial charge in [0, 0.05) is 5.54 Å². The van der Waals surface area contributed by atoms with Crippen LogP contribution in [0.3, 0.4) is 0 Å². The summed E-state index contributed by atoms with van der Waals surface area (Å²) in [6.45, 7) is 3.83. The van der Waals surface area contributed by atoms with Crippen molar-refractivity contribution in [2.45, 2.75) is 25.5 Å². The molecule has 1 aromatic carbocycles. The molecule has 1 aliphatic heterocycles. The standard InChI is InChI=1S/C12H17NO3S/c1-12(2,13)9-4-3-5-10(6-9)16-11-7-17(14,15)8-11/h3-6,11H,7-8,13H2,1-2H3. The lowest BCUT2D eigenvalue weighted by atomic mass is 9.96. The van der Waals surface area contributed by atoms with Gasteiger partial charge in [-0.05, 0) is 31.5 Å². The normalized spacial score (nSPS) is 19.7. The van der Waals surface area contributed by atoms with Gasteiger partial charge in [-0.25, -0.2) is 8.42 Å². The van der Waals surface area contributed by atoms with E-state index in [1.807, 2.05) is 38.1 Å². The van der Waals surface area contributed by atoms with Gasteiger partial charge in [-0.1, -0.05) is 12.1 Å². The van der Waals surface area contributed by atoms with Gasteiger partial charge in [-0.3, -0.25) is 0 Å². The van der Waals surface area contributed by atoms with Crippen LogP contribution >= 0.6 is 0 Å². The second kappa shape index (κ2) is 3.99. The van der Waals surface area contributed by atoms with Crippen LogP contribution in [0.4, 0.5) is 0 Å². The van der Waals surface area contributed by atoms with Crippen molar-refractivity contribution in [2.75, 3.05) is 11.5 Å². The highest BCUT2D eigenvalue weighted by atomic mass is 32.2. The van der Waals surface area contributed by atoms with Gasteiger partial charge in [-0.15, -0.1) is 0 Å². The molecule has 0 aromatic heterocycles. The Bertz CT molecular complexity index is 505. The van der Waals surface area contributed by atoms with Crippen molar-refractivity contribution >= 4 is 9.84 Å². The fourth-order valence-electron chi connectivity index (χ4n) is 1.75. The minimum absolute atomic E-state index is 0.114. The summed E-state index contributed by atoms with van der Waals surface area (Å²) in [5.41, 5.74) is 6.54. The Hall–Kier alpha value is -1.07. The third-order valence-corrected chi connectivity index (χ3v) is 4.52. The SMILES string of the molecule is CC(C)(N)c1cccc(OC2CS(=O)(=O)C2)c1. The largest absolute Gasteiger partial charge is 0.488 e. The molecule has 17 heavy (non-hydrogen) atoms. The highest BCUT2D eigenvalue weighted by Crippen LogP contribution is 2.24. The van der Waals surface area contributed by atoms with Gasteiger partial charge in [0.1, 0.15) is 11.9 Å². The third kappa shape index (κ3) is 2.98. The predicted octanol–water partition coefficient (Wildman–Crippen LogP) is 1.06. The predicted molar refractivity (Wildman–Crippen MR) is 66.7 cm³/mol. The van der Waals surface area contributed by atoms with E-state index in [0.717, 1.165) is 5.56 Å². The number of hydrogen-bond donors (Lipinski definition) is 1. The maximum atomic E-state index is 11.0. The van der Waals surface area contributed by atoms with Gasteiger partial charge in [0.05, 0.1) is 11.5 Å². The molecule has 0 radical (unpaired) electrons. The Morgan fingerprint density at radius 2 is 2.00 bits per heavy atom. The molecule has 94 valence electrons. The molecule has 0 saturated carbocycles. The molecule has 0 aliphatic carbocycles. The van der Waals surface area contributed by atoms with Crippen LogP contribution in [0.2, 0.25) is 0 Å². The van der Waals surface area contributed by atoms with Crippen LogP contribution in [-0.2, 0) is 15.4 Å². The molecule has 1 aromatic rings. The van der Waals surface area contributed by atoms with Crippen LogP contribution in [0.15, 0.2) is 24.3 Å². The zero-order valence-electron chi connectivity index (χ0n) is 10.0. The van der Waals surface area contributed by atoms with Crippen molar-refractivity contribution in [1.82, 2.24) is 0 Å². The molecule has 2 rings (SSSR count). The minimum Gasteiger partial charge on any atom is -0.488 e. The lowest BCUT2D eigenvalue weighted by molar-refractivity contribution is 0.230. The first-order valence-corrected chi connectivity index (χ1v) is 7.35.